The van der Waals surface area contributed by atoms with E-state index in [1.165, 1.54) is 11.0 Å². The molecule has 0 aliphatic rings. The summed E-state index contributed by atoms with van der Waals surface area (Å²) in [6.07, 6.45) is 0.127. The molecule has 0 aromatic carbocycles. The topological polar surface area (TPSA) is 73.4 Å². The highest BCUT2D eigenvalue weighted by Gasteiger charge is 2.15. The van der Waals surface area contributed by atoms with Gasteiger partial charge in [-0.05, 0) is 25.3 Å². The normalized spacial score (nSPS) is 12.5. The predicted molar refractivity (Wildman–Crippen MR) is 74.2 cm³/mol. The summed E-state index contributed by atoms with van der Waals surface area (Å²) < 4.78 is 0. The molecule has 0 saturated heterocycles. The number of hydrogen-bond donors (Lipinski definition) is 2. The standard InChI is InChI=1S/C14H22N2O3/c1-9(2)5-12-6-11(7-13(18)15-12)14(19)16(4)8-10(3)17/h6-7,9-10,17H,5,8H2,1-4H3,(H,15,18). The van der Waals surface area contributed by atoms with Crippen LogP contribution in [0, 0.1) is 5.92 Å². The maximum Gasteiger partial charge on any atom is 0.253 e. The third-order valence-electron chi connectivity index (χ3n) is 2.66. The summed E-state index contributed by atoms with van der Waals surface area (Å²) >= 11 is 0. The van der Waals surface area contributed by atoms with E-state index < -0.39 is 6.10 Å². The van der Waals surface area contributed by atoms with Gasteiger partial charge in [-0.3, -0.25) is 9.59 Å². The fraction of sp³-hybridized carbons (Fsp3) is 0.571. The van der Waals surface area contributed by atoms with Gasteiger partial charge in [-0.1, -0.05) is 13.8 Å². The molecule has 0 fully saturated rings. The van der Waals surface area contributed by atoms with E-state index in [0.29, 0.717) is 11.5 Å². The number of hydrogen-bond acceptors (Lipinski definition) is 3. The molecule has 1 unspecified atom stereocenters. The largest absolute Gasteiger partial charge is 0.392 e. The second kappa shape index (κ2) is 6.52. The Balaban J connectivity index is 2.96. The highest BCUT2D eigenvalue weighted by atomic mass is 16.3. The number of H-pyrrole nitrogens is 1. The average Bonchev–Trinajstić information content (AvgIpc) is 2.25. The fourth-order valence-corrected chi connectivity index (χ4v) is 1.97. The molecule has 1 aromatic heterocycles. The Labute approximate surface area is 113 Å². The Bertz CT molecular complexity index is 492. The van der Waals surface area contributed by atoms with Crippen molar-refractivity contribution in [1.82, 2.24) is 9.88 Å². The minimum Gasteiger partial charge on any atom is -0.392 e. The molecule has 2 N–H and O–H groups in total. The van der Waals surface area contributed by atoms with Gasteiger partial charge in [0.05, 0.1) is 6.10 Å². The Morgan fingerprint density at radius 2 is 2.00 bits per heavy atom. The van der Waals surface area contributed by atoms with E-state index in [1.54, 1.807) is 20.0 Å². The molecular weight excluding hydrogens is 244 g/mol. The van der Waals surface area contributed by atoms with Crippen molar-refractivity contribution in [3.8, 4) is 0 Å². The van der Waals surface area contributed by atoms with Crippen LogP contribution in [0.5, 0.6) is 0 Å². The first kappa shape index (κ1) is 15.4. The van der Waals surface area contributed by atoms with Crippen LogP contribution in [-0.2, 0) is 6.42 Å². The lowest BCUT2D eigenvalue weighted by atomic mass is 10.1. The number of amides is 1. The summed E-state index contributed by atoms with van der Waals surface area (Å²) in [4.78, 5) is 27.9. The van der Waals surface area contributed by atoms with Crippen molar-refractivity contribution in [3.63, 3.8) is 0 Å². The molecule has 1 aromatic rings. The molecule has 1 rings (SSSR count). The van der Waals surface area contributed by atoms with Crippen molar-refractivity contribution < 1.29 is 9.90 Å². The molecule has 1 atom stereocenters. The summed E-state index contributed by atoms with van der Waals surface area (Å²) in [5, 5.41) is 9.28. The van der Waals surface area contributed by atoms with Gasteiger partial charge >= 0.3 is 0 Å². The number of carbonyl (C=O) groups is 1. The number of rotatable bonds is 5. The minimum atomic E-state index is -0.592. The maximum atomic E-state index is 12.1. The van der Waals surface area contributed by atoms with E-state index in [2.05, 4.69) is 4.98 Å². The molecule has 5 nitrogen and oxygen atoms in total. The molecule has 0 aliphatic heterocycles. The number of aromatic amines is 1. The summed E-state index contributed by atoms with van der Waals surface area (Å²) in [5.74, 6) is 0.146. The van der Waals surface area contributed by atoms with Crippen molar-refractivity contribution in [2.75, 3.05) is 13.6 Å². The van der Waals surface area contributed by atoms with Gasteiger partial charge in [0.2, 0.25) is 5.56 Å². The fourth-order valence-electron chi connectivity index (χ4n) is 1.97. The highest BCUT2D eigenvalue weighted by molar-refractivity contribution is 5.94. The van der Waals surface area contributed by atoms with Gasteiger partial charge in [-0.15, -0.1) is 0 Å². The van der Waals surface area contributed by atoms with Crippen LogP contribution in [0.2, 0.25) is 0 Å². The monoisotopic (exact) mass is 266 g/mol. The van der Waals surface area contributed by atoms with Gasteiger partial charge in [0.1, 0.15) is 0 Å². The molecule has 1 heterocycles. The van der Waals surface area contributed by atoms with Crippen LogP contribution in [0.3, 0.4) is 0 Å². The van der Waals surface area contributed by atoms with Crippen LogP contribution in [0.25, 0.3) is 0 Å². The van der Waals surface area contributed by atoms with E-state index in [9.17, 15) is 14.7 Å². The van der Waals surface area contributed by atoms with Crippen LogP contribution < -0.4 is 5.56 Å². The van der Waals surface area contributed by atoms with E-state index >= 15 is 0 Å². The zero-order valence-electron chi connectivity index (χ0n) is 11.9. The Morgan fingerprint density at radius 1 is 1.37 bits per heavy atom. The summed E-state index contributed by atoms with van der Waals surface area (Å²) in [7, 11) is 1.61. The van der Waals surface area contributed by atoms with Gasteiger partial charge in [-0.2, -0.15) is 0 Å². The summed E-state index contributed by atoms with van der Waals surface area (Å²) in [5.41, 5.74) is 0.853. The zero-order chi connectivity index (χ0) is 14.6. The molecule has 0 saturated carbocycles. The van der Waals surface area contributed by atoms with Gasteiger partial charge in [0.25, 0.3) is 5.91 Å². The van der Waals surface area contributed by atoms with Gasteiger partial charge < -0.3 is 15.0 Å². The first-order chi connectivity index (χ1) is 8.79. The number of nitrogens with zero attached hydrogens (tertiary/aromatic N) is 1. The number of aromatic nitrogens is 1. The number of carbonyl (C=O) groups excluding carboxylic acids is 1. The van der Waals surface area contributed by atoms with E-state index in [4.69, 9.17) is 0 Å². The van der Waals surface area contributed by atoms with Crippen LogP contribution in [0.15, 0.2) is 16.9 Å². The third kappa shape index (κ3) is 4.87. The lowest BCUT2D eigenvalue weighted by Gasteiger charge is -2.19. The second-order valence-corrected chi connectivity index (χ2v) is 5.39. The first-order valence-corrected chi connectivity index (χ1v) is 6.46. The lowest BCUT2D eigenvalue weighted by molar-refractivity contribution is 0.0703. The smallest absolute Gasteiger partial charge is 0.253 e. The van der Waals surface area contributed by atoms with E-state index in [0.717, 1.165) is 12.1 Å². The molecule has 0 radical (unpaired) electrons. The molecule has 106 valence electrons. The Hall–Kier alpha value is -1.62. The molecule has 0 spiro atoms. The van der Waals surface area contributed by atoms with Crippen LogP contribution in [-0.4, -0.2) is 40.6 Å². The Kier molecular flexibility index (Phi) is 5.30. The molecule has 1 amide bonds. The zero-order valence-corrected chi connectivity index (χ0v) is 11.9. The van der Waals surface area contributed by atoms with Gasteiger partial charge in [0.15, 0.2) is 0 Å². The van der Waals surface area contributed by atoms with E-state index in [1.807, 2.05) is 13.8 Å². The van der Waals surface area contributed by atoms with Crippen molar-refractivity contribution in [2.45, 2.75) is 33.3 Å². The van der Waals surface area contributed by atoms with Crippen molar-refractivity contribution in [3.05, 3.63) is 33.7 Å². The summed E-state index contributed by atoms with van der Waals surface area (Å²) in [6.45, 7) is 5.95. The second-order valence-electron chi connectivity index (χ2n) is 5.39. The SMILES string of the molecule is CC(C)Cc1cc(C(=O)N(C)CC(C)O)cc(=O)[nH]1. The van der Waals surface area contributed by atoms with E-state index in [-0.39, 0.29) is 18.0 Å². The van der Waals surface area contributed by atoms with Crippen LogP contribution in [0.1, 0.15) is 36.8 Å². The number of likely N-dealkylation sites (N-methyl/N-ethyl adjacent to an activating group) is 1. The molecule has 5 heteroatoms. The number of nitrogens with one attached hydrogen (secondary N) is 1. The van der Waals surface area contributed by atoms with Crippen molar-refractivity contribution in [1.29, 1.82) is 0 Å². The molecule has 0 aliphatic carbocycles. The Morgan fingerprint density at radius 3 is 2.53 bits per heavy atom. The maximum absolute atomic E-state index is 12.1. The predicted octanol–water partition coefficient (Wildman–Crippen LogP) is 1.03. The molecule has 0 bridgehead atoms. The average molecular weight is 266 g/mol. The number of aliphatic hydroxyl groups excluding tert-OH is 1. The highest BCUT2D eigenvalue weighted by Crippen LogP contribution is 2.08. The van der Waals surface area contributed by atoms with Gasteiger partial charge in [-0.25, -0.2) is 0 Å². The number of pyridine rings is 1. The summed E-state index contributed by atoms with van der Waals surface area (Å²) in [6, 6.07) is 3.01. The quantitative estimate of drug-likeness (QED) is 0.836. The third-order valence-corrected chi connectivity index (χ3v) is 2.66. The molecular formula is C14H22N2O3. The first-order valence-electron chi connectivity index (χ1n) is 6.46. The minimum absolute atomic E-state index is 0.241. The van der Waals surface area contributed by atoms with Crippen LogP contribution >= 0.6 is 0 Å². The van der Waals surface area contributed by atoms with Crippen molar-refractivity contribution >= 4 is 5.91 Å². The van der Waals surface area contributed by atoms with Gasteiger partial charge in [0, 0.05) is 30.9 Å². The lowest BCUT2D eigenvalue weighted by Crippen LogP contribution is -2.33. The van der Waals surface area contributed by atoms with Crippen LogP contribution in [0.4, 0.5) is 0 Å². The van der Waals surface area contributed by atoms with Crippen molar-refractivity contribution in [2.24, 2.45) is 5.92 Å². The number of aliphatic hydroxyl groups is 1. The molecule has 19 heavy (non-hydrogen) atoms.